The largest absolute Gasteiger partial charge is 0.508 e. The Bertz CT molecular complexity index is 780. The summed E-state index contributed by atoms with van der Waals surface area (Å²) in [5.74, 6) is -0.0228. The summed E-state index contributed by atoms with van der Waals surface area (Å²) in [6.45, 7) is 0. The Balaban J connectivity index is 2.31. The molecule has 5 nitrogen and oxygen atoms in total. The van der Waals surface area contributed by atoms with Crippen LogP contribution < -0.4 is 4.72 Å². The van der Waals surface area contributed by atoms with Crippen LogP contribution in [0.15, 0.2) is 47.4 Å². The number of phenolic OH excluding ortho intramolecular Hbond substituents is 1. The normalized spacial score (nSPS) is 10.8. The molecule has 0 aromatic heterocycles. The number of hydrogen-bond acceptors (Lipinski definition) is 4. The second-order valence-corrected chi connectivity index (χ2v) is 6.00. The first-order valence-corrected chi connectivity index (χ1v) is 7.30. The number of nitrogens with zero attached hydrogens (tertiary/aromatic N) is 1. The van der Waals surface area contributed by atoms with Gasteiger partial charge >= 0.3 is 0 Å². The van der Waals surface area contributed by atoms with Crippen molar-refractivity contribution in [2.45, 2.75) is 4.90 Å². The maximum absolute atomic E-state index is 12.1. The third-order valence-corrected chi connectivity index (χ3v) is 4.20. The third-order valence-electron chi connectivity index (χ3n) is 2.49. The highest BCUT2D eigenvalue weighted by Crippen LogP contribution is 2.23. The molecule has 20 heavy (non-hydrogen) atoms. The van der Waals surface area contributed by atoms with E-state index in [2.05, 4.69) is 4.72 Å². The van der Waals surface area contributed by atoms with E-state index in [1.165, 1.54) is 42.5 Å². The molecule has 0 atom stereocenters. The second kappa shape index (κ2) is 5.41. The highest BCUT2D eigenvalue weighted by Gasteiger charge is 2.14. The van der Waals surface area contributed by atoms with E-state index in [0.717, 1.165) is 0 Å². The highest BCUT2D eigenvalue weighted by atomic mass is 35.5. The molecule has 2 rings (SSSR count). The maximum Gasteiger partial charge on any atom is 0.261 e. The van der Waals surface area contributed by atoms with Crippen molar-refractivity contribution in [2.24, 2.45) is 0 Å². The van der Waals surface area contributed by atoms with Gasteiger partial charge < -0.3 is 5.11 Å². The van der Waals surface area contributed by atoms with Gasteiger partial charge in [0.2, 0.25) is 0 Å². The fourth-order valence-corrected chi connectivity index (χ4v) is 2.78. The minimum absolute atomic E-state index is 0.00998. The van der Waals surface area contributed by atoms with Gasteiger partial charge in [0.25, 0.3) is 10.0 Å². The molecule has 0 radical (unpaired) electrons. The number of halogens is 1. The Morgan fingerprint density at radius 1 is 1.15 bits per heavy atom. The molecule has 0 bridgehead atoms. The number of sulfonamides is 1. The van der Waals surface area contributed by atoms with E-state index in [0.29, 0.717) is 0 Å². The molecule has 0 spiro atoms. The van der Waals surface area contributed by atoms with E-state index in [4.69, 9.17) is 22.0 Å². The molecule has 102 valence electrons. The van der Waals surface area contributed by atoms with Crippen molar-refractivity contribution in [3.8, 4) is 11.8 Å². The molecule has 2 aromatic rings. The summed E-state index contributed by atoms with van der Waals surface area (Å²) < 4.78 is 26.5. The van der Waals surface area contributed by atoms with Crippen molar-refractivity contribution >= 4 is 27.3 Å². The molecular weight excluding hydrogens is 300 g/mol. The van der Waals surface area contributed by atoms with Gasteiger partial charge in [-0.15, -0.1) is 0 Å². The van der Waals surface area contributed by atoms with Crippen molar-refractivity contribution in [3.05, 3.63) is 53.1 Å². The first-order chi connectivity index (χ1) is 9.42. The lowest BCUT2D eigenvalue weighted by atomic mass is 10.2. The Morgan fingerprint density at radius 3 is 2.35 bits per heavy atom. The van der Waals surface area contributed by atoms with Crippen LogP contribution in [-0.2, 0) is 10.0 Å². The predicted octanol–water partition coefficient (Wildman–Crippen LogP) is 2.72. The molecule has 0 aliphatic heterocycles. The Kier molecular flexibility index (Phi) is 3.84. The van der Waals surface area contributed by atoms with Crippen LogP contribution in [0.25, 0.3) is 0 Å². The van der Waals surface area contributed by atoms with Gasteiger partial charge in [0, 0.05) is 0 Å². The van der Waals surface area contributed by atoms with Gasteiger partial charge in [-0.1, -0.05) is 11.6 Å². The van der Waals surface area contributed by atoms with E-state index in [9.17, 15) is 8.42 Å². The monoisotopic (exact) mass is 308 g/mol. The van der Waals surface area contributed by atoms with Crippen molar-refractivity contribution < 1.29 is 13.5 Å². The van der Waals surface area contributed by atoms with Gasteiger partial charge in [0.05, 0.1) is 21.2 Å². The molecule has 0 aliphatic rings. The van der Waals surface area contributed by atoms with Crippen LogP contribution in [0, 0.1) is 11.3 Å². The second-order valence-electron chi connectivity index (χ2n) is 3.91. The third kappa shape index (κ3) is 3.02. The number of nitriles is 1. The SMILES string of the molecule is N#Cc1ccc(NS(=O)(=O)c2ccc(O)cc2)cc1Cl. The van der Waals surface area contributed by atoms with Crippen LogP contribution in [0.3, 0.4) is 0 Å². The Morgan fingerprint density at radius 2 is 1.80 bits per heavy atom. The number of benzene rings is 2. The number of aromatic hydroxyl groups is 1. The van der Waals surface area contributed by atoms with Crippen molar-refractivity contribution in [1.29, 1.82) is 5.26 Å². The lowest BCUT2D eigenvalue weighted by Gasteiger charge is -2.08. The van der Waals surface area contributed by atoms with E-state index in [1.54, 1.807) is 0 Å². The van der Waals surface area contributed by atoms with Crippen molar-refractivity contribution in [3.63, 3.8) is 0 Å². The zero-order chi connectivity index (χ0) is 14.8. The fourth-order valence-electron chi connectivity index (χ4n) is 1.51. The van der Waals surface area contributed by atoms with Crippen LogP contribution in [0.4, 0.5) is 5.69 Å². The fraction of sp³-hybridized carbons (Fsp3) is 0. The van der Waals surface area contributed by atoms with Crippen molar-refractivity contribution in [2.75, 3.05) is 4.72 Å². The van der Waals surface area contributed by atoms with Crippen LogP contribution in [-0.4, -0.2) is 13.5 Å². The summed E-state index contributed by atoms with van der Waals surface area (Å²) >= 11 is 5.83. The molecule has 0 amide bonds. The molecule has 0 aliphatic carbocycles. The average Bonchev–Trinajstić information content (AvgIpc) is 2.39. The minimum Gasteiger partial charge on any atom is -0.508 e. The average molecular weight is 309 g/mol. The minimum atomic E-state index is -3.77. The standard InChI is InChI=1S/C13H9ClN2O3S/c14-13-7-10(2-1-9(13)8-15)16-20(18,19)12-5-3-11(17)4-6-12/h1-7,16-17H. The number of nitrogens with one attached hydrogen (secondary N) is 1. The number of hydrogen-bond donors (Lipinski definition) is 2. The zero-order valence-electron chi connectivity index (χ0n) is 10.0. The van der Waals surface area contributed by atoms with Crippen LogP contribution in [0.5, 0.6) is 5.75 Å². The maximum atomic E-state index is 12.1. The lowest BCUT2D eigenvalue weighted by Crippen LogP contribution is -2.12. The summed E-state index contributed by atoms with van der Waals surface area (Å²) in [6, 6.07) is 11.2. The summed E-state index contributed by atoms with van der Waals surface area (Å²) in [7, 11) is -3.77. The first-order valence-electron chi connectivity index (χ1n) is 5.44. The van der Waals surface area contributed by atoms with Gasteiger partial charge in [-0.25, -0.2) is 8.42 Å². The summed E-state index contributed by atoms with van der Waals surface area (Å²) in [5.41, 5.74) is 0.515. The zero-order valence-corrected chi connectivity index (χ0v) is 11.6. The predicted molar refractivity (Wildman–Crippen MR) is 75.1 cm³/mol. The number of rotatable bonds is 3. The summed E-state index contributed by atoms with van der Waals surface area (Å²) in [6.07, 6.45) is 0. The van der Waals surface area contributed by atoms with Gasteiger partial charge in [-0.3, -0.25) is 4.72 Å². The molecular formula is C13H9ClN2O3S. The van der Waals surface area contributed by atoms with Crippen molar-refractivity contribution in [1.82, 2.24) is 0 Å². The summed E-state index contributed by atoms with van der Waals surface area (Å²) in [4.78, 5) is 0.00998. The van der Waals surface area contributed by atoms with Crippen LogP contribution in [0.1, 0.15) is 5.56 Å². The lowest BCUT2D eigenvalue weighted by molar-refractivity contribution is 0.475. The highest BCUT2D eigenvalue weighted by molar-refractivity contribution is 7.92. The molecule has 0 heterocycles. The quantitative estimate of drug-likeness (QED) is 0.912. The molecule has 0 saturated carbocycles. The molecule has 0 fully saturated rings. The Labute approximate surface area is 121 Å². The van der Waals surface area contributed by atoms with Gasteiger partial charge in [-0.2, -0.15) is 5.26 Å². The van der Waals surface area contributed by atoms with E-state index in [1.807, 2.05) is 6.07 Å². The molecule has 7 heteroatoms. The number of anilines is 1. The van der Waals surface area contributed by atoms with Gasteiger partial charge in [0.15, 0.2) is 0 Å². The topological polar surface area (TPSA) is 90.2 Å². The van der Waals surface area contributed by atoms with Crippen LogP contribution in [0.2, 0.25) is 5.02 Å². The van der Waals surface area contributed by atoms with E-state index < -0.39 is 10.0 Å². The van der Waals surface area contributed by atoms with Gasteiger partial charge in [-0.05, 0) is 42.5 Å². The summed E-state index contributed by atoms with van der Waals surface area (Å²) in [5, 5.41) is 18.1. The first kappa shape index (κ1) is 14.2. The van der Waals surface area contributed by atoms with Crippen LogP contribution >= 0.6 is 11.6 Å². The number of phenols is 1. The molecule has 0 unspecified atom stereocenters. The van der Waals surface area contributed by atoms with E-state index in [-0.39, 0.29) is 26.9 Å². The molecule has 0 saturated heterocycles. The smallest absolute Gasteiger partial charge is 0.261 e. The van der Waals surface area contributed by atoms with Gasteiger partial charge in [0.1, 0.15) is 11.8 Å². The Hall–Kier alpha value is -2.23. The van der Waals surface area contributed by atoms with E-state index >= 15 is 0 Å². The molecule has 2 N–H and O–H groups in total. The molecule has 2 aromatic carbocycles.